The fraction of sp³-hybridized carbons (Fsp3) is 0.429. The SMILES string of the molecule is ClCC1CCCCN1c1ccnc2cc(Br)cnc12. The lowest BCUT2D eigenvalue weighted by molar-refractivity contribution is 0.489. The van der Waals surface area contributed by atoms with E-state index in [9.17, 15) is 0 Å². The largest absolute Gasteiger partial charge is 0.365 e. The minimum atomic E-state index is 0.409. The quantitative estimate of drug-likeness (QED) is 0.774. The van der Waals surface area contributed by atoms with Gasteiger partial charge in [-0.2, -0.15) is 0 Å². The summed E-state index contributed by atoms with van der Waals surface area (Å²) in [4.78, 5) is 11.3. The van der Waals surface area contributed by atoms with Crippen molar-refractivity contribution in [2.24, 2.45) is 0 Å². The van der Waals surface area contributed by atoms with Gasteiger partial charge < -0.3 is 4.90 Å². The van der Waals surface area contributed by atoms with Crippen LogP contribution in [0.15, 0.2) is 29.0 Å². The molecule has 3 heterocycles. The van der Waals surface area contributed by atoms with E-state index in [-0.39, 0.29) is 0 Å². The summed E-state index contributed by atoms with van der Waals surface area (Å²) in [5, 5.41) is 0. The highest BCUT2D eigenvalue weighted by Gasteiger charge is 2.23. The van der Waals surface area contributed by atoms with E-state index < -0.39 is 0 Å². The molecule has 1 saturated heterocycles. The average Bonchev–Trinajstić information content (AvgIpc) is 2.46. The highest BCUT2D eigenvalue weighted by atomic mass is 79.9. The Morgan fingerprint density at radius 1 is 1.37 bits per heavy atom. The van der Waals surface area contributed by atoms with E-state index in [0.717, 1.165) is 34.2 Å². The molecule has 1 aliphatic heterocycles. The Morgan fingerprint density at radius 2 is 2.26 bits per heavy atom. The minimum absolute atomic E-state index is 0.409. The lowest BCUT2D eigenvalue weighted by Gasteiger charge is -2.36. The number of nitrogens with zero attached hydrogens (tertiary/aromatic N) is 3. The van der Waals surface area contributed by atoms with E-state index in [2.05, 4.69) is 30.8 Å². The highest BCUT2D eigenvalue weighted by Crippen LogP contribution is 2.30. The molecule has 0 aliphatic carbocycles. The van der Waals surface area contributed by atoms with Crippen molar-refractivity contribution >= 4 is 44.3 Å². The first-order chi connectivity index (χ1) is 9.29. The van der Waals surface area contributed by atoms with E-state index in [4.69, 9.17) is 11.6 Å². The first-order valence-electron chi connectivity index (χ1n) is 6.52. The van der Waals surface area contributed by atoms with Crippen molar-refractivity contribution in [3.05, 3.63) is 29.0 Å². The summed E-state index contributed by atoms with van der Waals surface area (Å²) >= 11 is 9.56. The predicted octanol–water partition coefficient (Wildman–Crippen LogP) is 3.99. The van der Waals surface area contributed by atoms with E-state index >= 15 is 0 Å². The Hall–Kier alpha value is -0.870. The number of piperidine rings is 1. The molecule has 2 aromatic heterocycles. The second-order valence-corrected chi connectivity index (χ2v) is 6.07. The molecule has 0 aromatic carbocycles. The summed E-state index contributed by atoms with van der Waals surface area (Å²) in [6.45, 7) is 1.05. The van der Waals surface area contributed by atoms with Gasteiger partial charge in [0.2, 0.25) is 0 Å². The van der Waals surface area contributed by atoms with Crippen LogP contribution >= 0.6 is 27.5 Å². The molecule has 1 unspecified atom stereocenters. The summed E-state index contributed by atoms with van der Waals surface area (Å²) in [5.41, 5.74) is 3.04. The highest BCUT2D eigenvalue weighted by molar-refractivity contribution is 9.10. The van der Waals surface area contributed by atoms with E-state index in [1.165, 1.54) is 12.8 Å². The Morgan fingerprint density at radius 3 is 3.11 bits per heavy atom. The molecule has 0 radical (unpaired) electrons. The Bertz CT molecular complexity index is 590. The number of pyridine rings is 2. The van der Waals surface area contributed by atoms with Gasteiger partial charge in [-0.1, -0.05) is 0 Å². The van der Waals surface area contributed by atoms with Gasteiger partial charge in [0.15, 0.2) is 0 Å². The normalized spacial score (nSPS) is 19.9. The number of rotatable bonds is 2. The molecule has 1 atom stereocenters. The van der Waals surface area contributed by atoms with Crippen molar-refractivity contribution in [3.8, 4) is 0 Å². The summed E-state index contributed by atoms with van der Waals surface area (Å²) < 4.78 is 0.956. The van der Waals surface area contributed by atoms with Gasteiger partial charge in [-0.15, -0.1) is 11.6 Å². The molecule has 0 spiro atoms. The molecule has 2 aromatic rings. The van der Waals surface area contributed by atoms with Crippen LogP contribution in [0.4, 0.5) is 5.69 Å². The van der Waals surface area contributed by atoms with E-state index in [1.807, 2.05) is 24.5 Å². The zero-order chi connectivity index (χ0) is 13.2. The van der Waals surface area contributed by atoms with Crippen molar-refractivity contribution in [1.29, 1.82) is 0 Å². The fourth-order valence-electron chi connectivity index (χ4n) is 2.70. The number of hydrogen-bond donors (Lipinski definition) is 0. The van der Waals surface area contributed by atoms with Gasteiger partial charge in [0.05, 0.1) is 11.2 Å². The standard InChI is InChI=1S/C14H15BrClN3/c15-10-7-12-14(18-9-10)13(4-5-17-12)19-6-2-1-3-11(19)8-16/h4-5,7,9,11H,1-3,6,8H2. The first kappa shape index (κ1) is 13.1. The number of halogens is 2. The molecule has 3 rings (SSSR count). The number of anilines is 1. The lowest BCUT2D eigenvalue weighted by atomic mass is 10.0. The minimum Gasteiger partial charge on any atom is -0.365 e. The molecular formula is C14H15BrClN3. The maximum absolute atomic E-state index is 6.12. The van der Waals surface area contributed by atoms with Gasteiger partial charge in [0.25, 0.3) is 0 Å². The van der Waals surface area contributed by atoms with Crippen LogP contribution in [0.1, 0.15) is 19.3 Å². The van der Waals surface area contributed by atoms with Gasteiger partial charge in [0, 0.05) is 35.3 Å². The van der Waals surface area contributed by atoms with Crippen LogP contribution in [-0.2, 0) is 0 Å². The Balaban J connectivity index is 2.08. The third-order valence-electron chi connectivity index (χ3n) is 3.64. The first-order valence-corrected chi connectivity index (χ1v) is 7.85. The van der Waals surface area contributed by atoms with Crippen molar-refractivity contribution in [2.75, 3.05) is 17.3 Å². The lowest BCUT2D eigenvalue weighted by Crippen LogP contribution is -2.41. The molecule has 3 nitrogen and oxygen atoms in total. The van der Waals surface area contributed by atoms with Gasteiger partial charge >= 0.3 is 0 Å². The molecule has 1 fully saturated rings. The topological polar surface area (TPSA) is 29.0 Å². The summed E-state index contributed by atoms with van der Waals surface area (Å²) in [6.07, 6.45) is 7.31. The molecule has 5 heteroatoms. The van der Waals surface area contributed by atoms with Crippen LogP contribution in [0.3, 0.4) is 0 Å². The van der Waals surface area contributed by atoms with Gasteiger partial charge in [-0.05, 0) is 47.3 Å². The molecule has 0 saturated carbocycles. The maximum Gasteiger partial charge on any atom is 0.112 e. The molecule has 19 heavy (non-hydrogen) atoms. The van der Waals surface area contributed by atoms with Crippen molar-refractivity contribution in [3.63, 3.8) is 0 Å². The molecule has 1 aliphatic rings. The van der Waals surface area contributed by atoms with Crippen molar-refractivity contribution in [1.82, 2.24) is 9.97 Å². The van der Waals surface area contributed by atoms with Crippen LogP contribution < -0.4 is 4.90 Å². The molecular weight excluding hydrogens is 326 g/mol. The van der Waals surface area contributed by atoms with Crippen LogP contribution in [0.25, 0.3) is 11.0 Å². The van der Waals surface area contributed by atoms with Gasteiger partial charge in [0.1, 0.15) is 5.52 Å². The van der Waals surface area contributed by atoms with Crippen LogP contribution in [0.5, 0.6) is 0 Å². The summed E-state index contributed by atoms with van der Waals surface area (Å²) in [5.74, 6) is 0.667. The van der Waals surface area contributed by atoms with E-state index in [1.54, 1.807) is 0 Å². The smallest absolute Gasteiger partial charge is 0.112 e. The second-order valence-electron chi connectivity index (χ2n) is 4.85. The molecule has 100 valence electrons. The van der Waals surface area contributed by atoms with Gasteiger partial charge in [-0.3, -0.25) is 9.97 Å². The second kappa shape index (κ2) is 5.63. The number of alkyl halides is 1. The molecule has 0 N–H and O–H groups in total. The van der Waals surface area contributed by atoms with Crippen molar-refractivity contribution < 1.29 is 0 Å². The third-order valence-corrected chi connectivity index (χ3v) is 4.43. The maximum atomic E-state index is 6.12. The Labute approximate surface area is 126 Å². The zero-order valence-electron chi connectivity index (χ0n) is 10.5. The predicted molar refractivity (Wildman–Crippen MR) is 82.9 cm³/mol. The molecule has 0 bridgehead atoms. The third kappa shape index (κ3) is 2.56. The van der Waals surface area contributed by atoms with E-state index in [0.29, 0.717) is 11.9 Å². The number of fused-ring (bicyclic) bond motifs is 1. The molecule has 0 amide bonds. The zero-order valence-corrected chi connectivity index (χ0v) is 12.9. The fourth-order valence-corrected chi connectivity index (χ4v) is 3.34. The van der Waals surface area contributed by atoms with Crippen LogP contribution in [0, 0.1) is 0 Å². The summed E-state index contributed by atoms with van der Waals surface area (Å²) in [7, 11) is 0. The average molecular weight is 341 g/mol. The van der Waals surface area contributed by atoms with Crippen LogP contribution in [0.2, 0.25) is 0 Å². The number of aromatic nitrogens is 2. The van der Waals surface area contributed by atoms with Gasteiger partial charge in [-0.25, -0.2) is 0 Å². The monoisotopic (exact) mass is 339 g/mol. The Kier molecular flexibility index (Phi) is 3.89. The number of hydrogen-bond acceptors (Lipinski definition) is 3. The van der Waals surface area contributed by atoms with Crippen LogP contribution in [-0.4, -0.2) is 28.4 Å². The summed E-state index contributed by atoms with van der Waals surface area (Å²) in [6, 6.07) is 4.46. The van der Waals surface area contributed by atoms with Crippen molar-refractivity contribution in [2.45, 2.75) is 25.3 Å².